The van der Waals surface area contributed by atoms with Crippen LogP contribution in [0.5, 0.6) is 0 Å². The number of benzene rings is 1. The minimum Gasteiger partial charge on any atom is -0.358 e. The summed E-state index contributed by atoms with van der Waals surface area (Å²) in [7, 11) is 0. The fourth-order valence-electron chi connectivity index (χ4n) is 3.54. The van der Waals surface area contributed by atoms with Crippen molar-refractivity contribution >= 4 is 16.9 Å². The molecule has 1 aliphatic heterocycles. The number of urea groups is 1. The van der Waals surface area contributed by atoms with Crippen molar-refractivity contribution in [3.63, 3.8) is 0 Å². The highest BCUT2D eigenvalue weighted by molar-refractivity contribution is 5.80. The number of aromatic nitrogens is 2. The van der Waals surface area contributed by atoms with Gasteiger partial charge in [0.05, 0.1) is 0 Å². The number of pyridine rings is 1. The molecule has 1 saturated heterocycles. The molecule has 0 atom stereocenters. The summed E-state index contributed by atoms with van der Waals surface area (Å²) in [6, 6.07) is 14.5. The van der Waals surface area contributed by atoms with E-state index in [9.17, 15) is 4.79 Å². The van der Waals surface area contributed by atoms with E-state index in [1.807, 2.05) is 29.3 Å². The van der Waals surface area contributed by atoms with Crippen LogP contribution in [0.1, 0.15) is 11.3 Å². The molecule has 6 heteroatoms. The number of carbonyl (C=O) groups is 1. The third-order valence-electron chi connectivity index (χ3n) is 5.04. The predicted octanol–water partition coefficient (Wildman–Crippen LogP) is 2.63. The molecule has 3 heterocycles. The largest absolute Gasteiger partial charge is 0.358 e. The Morgan fingerprint density at radius 3 is 2.74 bits per heavy atom. The first kappa shape index (κ1) is 17.5. The number of aromatic amines is 1. The quantitative estimate of drug-likeness (QED) is 0.732. The van der Waals surface area contributed by atoms with Gasteiger partial charge in [-0.3, -0.25) is 9.88 Å². The average Bonchev–Trinajstić information content (AvgIpc) is 3.12. The number of piperazine rings is 1. The number of nitrogens with zero attached hydrogens (tertiary/aromatic N) is 3. The van der Waals surface area contributed by atoms with Gasteiger partial charge in [0.25, 0.3) is 0 Å². The normalized spacial score (nSPS) is 15.2. The van der Waals surface area contributed by atoms with Gasteiger partial charge in [-0.1, -0.05) is 24.3 Å². The molecule has 0 aliphatic carbocycles. The molecule has 0 bridgehead atoms. The number of rotatable bonds is 5. The van der Waals surface area contributed by atoms with Crippen molar-refractivity contribution in [2.24, 2.45) is 0 Å². The predicted molar refractivity (Wildman–Crippen MR) is 106 cm³/mol. The topological polar surface area (TPSA) is 64.3 Å². The second kappa shape index (κ2) is 8.22. The number of hydrogen-bond donors (Lipinski definition) is 2. The van der Waals surface area contributed by atoms with Crippen LogP contribution in [0.25, 0.3) is 10.9 Å². The fourth-order valence-corrected chi connectivity index (χ4v) is 3.54. The zero-order valence-electron chi connectivity index (χ0n) is 15.4. The van der Waals surface area contributed by atoms with Crippen LogP contribution in [0.15, 0.2) is 54.9 Å². The number of nitrogens with one attached hydrogen (secondary N) is 2. The van der Waals surface area contributed by atoms with Crippen molar-refractivity contribution in [3.8, 4) is 0 Å². The minimum atomic E-state index is 0.0344. The van der Waals surface area contributed by atoms with Gasteiger partial charge in [-0.25, -0.2) is 4.79 Å². The number of amides is 2. The highest BCUT2D eigenvalue weighted by Crippen LogP contribution is 2.14. The zero-order valence-corrected chi connectivity index (χ0v) is 15.4. The molecule has 27 heavy (non-hydrogen) atoms. The third-order valence-corrected chi connectivity index (χ3v) is 5.04. The molecule has 1 fully saturated rings. The molecule has 1 aromatic carbocycles. The molecule has 0 unspecified atom stereocenters. The number of H-pyrrole nitrogens is 1. The van der Waals surface area contributed by atoms with Crippen LogP contribution in [-0.2, 0) is 13.0 Å². The van der Waals surface area contributed by atoms with Crippen molar-refractivity contribution < 1.29 is 4.79 Å². The van der Waals surface area contributed by atoms with Gasteiger partial charge in [-0.05, 0) is 29.1 Å². The Morgan fingerprint density at radius 1 is 1.11 bits per heavy atom. The third kappa shape index (κ3) is 4.46. The van der Waals surface area contributed by atoms with Crippen LogP contribution in [0, 0.1) is 0 Å². The number of carbonyl (C=O) groups excluding carboxylic acids is 1. The lowest BCUT2D eigenvalue weighted by atomic mass is 10.2. The van der Waals surface area contributed by atoms with Crippen molar-refractivity contribution in [2.45, 2.75) is 13.0 Å². The van der Waals surface area contributed by atoms with Crippen LogP contribution in [0.2, 0.25) is 0 Å². The molecule has 0 spiro atoms. The Hall–Kier alpha value is -2.86. The van der Waals surface area contributed by atoms with Gasteiger partial charge >= 0.3 is 6.03 Å². The van der Waals surface area contributed by atoms with E-state index < -0.39 is 0 Å². The lowest BCUT2D eigenvalue weighted by Crippen LogP contribution is -2.51. The van der Waals surface area contributed by atoms with E-state index in [1.165, 1.54) is 10.9 Å². The summed E-state index contributed by atoms with van der Waals surface area (Å²) in [5.74, 6) is 0. The first-order valence-corrected chi connectivity index (χ1v) is 9.48. The lowest BCUT2D eigenvalue weighted by Gasteiger charge is -2.34. The monoisotopic (exact) mass is 363 g/mol. The molecule has 0 radical (unpaired) electrons. The van der Waals surface area contributed by atoms with Gasteiger partial charge < -0.3 is 15.2 Å². The van der Waals surface area contributed by atoms with E-state index >= 15 is 0 Å². The summed E-state index contributed by atoms with van der Waals surface area (Å²) in [5.41, 5.74) is 3.51. The molecule has 3 aromatic rings. The summed E-state index contributed by atoms with van der Waals surface area (Å²) in [6.45, 7) is 4.84. The molecule has 0 saturated carbocycles. The van der Waals surface area contributed by atoms with E-state index in [0.717, 1.165) is 50.4 Å². The van der Waals surface area contributed by atoms with Gasteiger partial charge in [-0.15, -0.1) is 0 Å². The summed E-state index contributed by atoms with van der Waals surface area (Å²) < 4.78 is 0. The van der Waals surface area contributed by atoms with Gasteiger partial charge in [-0.2, -0.15) is 0 Å². The Balaban J connectivity index is 1.20. The van der Waals surface area contributed by atoms with E-state index in [2.05, 4.69) is 44.5 Å². The lowest BCUT2D eigenvalue weighted by molar-refractivity contribution is 0.135. The molecule has 1 aliphatic rings. The van der Waals surface area contributed by atoms with E-state index in [4.69, 9.17) is 0 Å². The Bertz CT molecular complexity index is 851. The highest BCUT2D eigenvalue weighted by atomic mass is 16.2. The highest BCUT2D eigenvalue weighted by Gasteiger charge is 2.20. The second-order valence-electron chi connectivity index (χ2n) is 6.99. The van der Waals surface area contributed by atoms with Crippen LogP contribution >= 0.6 is 0 Å². The summed E-state index contributed by atoms with van der Waals surface area (Å²) in [6.07, 6.45) is 4.51. The molecule has 2 amide bonds. The standard InChI is InChI=1S/C21H25N5O/c27-21(23-9-7-19-14-18-5-1-2-6-20(18)24-19)26-12-10-25(11-13-26)16-17-4-3-8-22-15-17/h1-6,8,14-15,24H,7,9-13,16H2,(H,23,27). The Kier molecular flexibility index (Phi) is 5.34. The molecular weight excluding hydrogens is 338 g/mol. The van der Waals surface area contributed by atoms with Crippen molar-refractivity contribution in [3.05, 3.63) is 66.1 Å². The van der Waals surface area contributed by atoms with Crippen LogP contribution in [-0.4, -0.2) is 58.5 Å². The van der Waals surface area contributed by atoms with Gasteiger partial charge in [0, 0.05) is 69.3 Å². The Morgan fingerprint density at radius 2 is 1.96 bits per heavy atom. The average molecular weight is 363 g/mol. The van der Waals surface area contributed by atoms with Crippen LogP contribution < -0.4 is 5.32 Å². The number of para-hydroxylation sites is 1. The maximum Gasteiger partial charge on any atom is 0.317 e. The molecule has 4 rings (SSSR count). The fraction of sp³-hybridized carbons (Fsp3) is 0.333. The molecular formula is C21H25N5O. The van der Waals surface area contributed by atoms with Gasteiger partial charge in [0.2, 0.25) is 0 Å². The van der Waals surface area contributed by atoms with Crippen molar-refractivity contribution in [2.75, 3.05) is 32.7 Å². The summed E-state index contributed by atoms with van der Waals surface area (Å²) in [4.78, 5) is 24.2. The van der Waals surface area contributed by atoms with Crippen LogP contribution in [0.4, 0.5) is 4.79 Å². The Labute approximate surface area is 159 Å². The van der Waals surface area contributed by atoms with Crippen LogP contribution in [0.3, 0.4) is 0 Å². The van der Waals surface area contributed by atoms with Gasteiger partial charge in [0.1, 0.15) is 0 Å². The molecule has 140 valence electrons. The molecule has 6 nitrogen and oxygen atoms in total. The molecule has 2 N–H and O–H groups in total. The second-order valence-corrected chi connectivity index (χ2v) is 6.99. The van der Waals surface area contributed by atoms with Crippen molar-refractivity contribution in [1.82, 2.24) is 25.1 Å². The maximum atomic E-state index is 12.4. The van der Waals surface area contributed by atoms with Gasteiger partial charge in [0.15, 0.2) is 0 Å². The van der Waals surface area contributed by atoms with E-state index in [-0.39, 0.29) is 6.03 Å². The first-order chi connectivity index (χ1) is 13.3. The smallest absolute Gasteiger partial charge is 0.317 e. The van der Waals surface area contributed by atoms with E-state index in [1.54, 1.807) is 6.20 Å². The number of hydrogen-bond acceptors (Lipinski definition) is 3. The first-order valence-electron chi connectivity index (χ1n) is 9.48. The summed E-state index contributed by atoms with van der Waals surface area (Å²) >= 11 is 0. The number of fused-ring (bicyclic) bond motifs is 1. The molecule has 2 aromatic heterocycles. The van der Waals surface area contributed by atoms with E-state index in [0.29, 0.717) is 6.54 Å². The SMILES string of the molecule is O=C(NCCc1cc2ccccc2[nH]1)N1CCN(Cc2cccnc2)CC1. The summed E-state index contributed by atoms with van der Waals surface area (Å²) in [5, 5.41) is 4.26. The maximum absolute atomic E-state index is 12.4. The zero-order chi connectivity index (χ0) is 18.5. The van der Waals surface area contributed by atoms with Crippen molar-refractivity contribution in [1.29, 1.82) is 0 Å². The minimum absolute atomic E-state index is 0.0344.